The molecule has 4 heteroatoms. The lowest BCUT2D eigenvalue weighted by Gasteiger charge is -2.35. The van der Waals surface area contributed by atoms with Crippen LogP contribution in [0.4, 0.5) is 5.69 Å². The van der Waals surface area contributed by atoms with Gasteiger partial charge in [0.15, 0.2) is 0 Å². The number of nitrogens with zero attached hydrogens (tertiary/aromatic N) is 1. The summed E-state index contributed by atoms with van der Waals surface area (Å²) in [6.45, 7) is 2.60. The van der Waals surface area contributed by atoms with Gasteiger partial charge in [-0.05, 0) is 36.6 Å². The van der Waals surface area contributed by atoms with Gasteiger partial charge in [0.2, 0.25) is 5.91 Å². The van der Waals surface area contributed by atoms with Crippen LogP contribution in [-0.2, 0) is 11.3 Å². The van der Waals surface area contributed by atoms with Gasteiger partial charge in [-0.1, -0.05) is 37.8 Å². The number of carbonyl (C=O) groups excluding carboxylic acids is 1. The van der Waals surface area contributed by atoms with Crippen molar-refractivity contribution in [2.24, 2.45) is 5.41 Å². The summed E-state index contributed by atoms with van der Waals surface area (Å²) in [4.78, 5) is 14.5. The second kappa shape index (κ2) is 6.04. The molecule has 0 atom stereocenters. The van der Waals surface area contributed by atoms with Gasteiger partial charge in [0.1, 0.15) is 0 Å². The third-order valence-electron chi connectivity index (χ3n) is 4.30. The average Bonchev–Trinajstić information content (AvgIpc) is 2.43. The van der Waals surface area contributed by atoms with Crippen molar-refractivity contribution in [3.05, 3.63) is 28.8 Å². The fraction of sp³-hybridized carbons (Fsp3) is 0.562. The van der Waals surface area contributed by atoms with Crippen LogP contribution in [-0.4, -0.2) is 17.9 Å². The fourth-order valence-corrected chi connectivity index (χ4v) is 3.23. The highest BCUT2D eigenvalue weighted by Crippen LogP contribution is 2.37. The number of hydrogen-bond donors (Lipinski definition) is 1. The summed E-state index contributed by atoms with van der Waals surface area (Å²) in [5.41, 5.74) is 7.16. The lowest BCUT2D eigenvalue weighted by Crippen LogP contribution is -2.41. The van der Waals surface area contributed by atoms with E-state index in [2.05, 4.69) is 6.92 Å². The van der Waals surface area contributed by atoms with Crippen LogP contribution in [0.1, 0.15) is 44.6 Å². The number of halogens is 1. The predicted molar refractivity (Wildman–Crippen MR) is 83.5 cm³/mol. The first-order valence-corrected chi connectivity index (χ1v) is 7.60. The number of anilines is 1. The van der Waals surface area contributed by atoms with E-state index in [1.54, 1.807) is 17.0 Å². The molecule has 1 aromatic carbocycles. The normalized spacial score (nSPS) is 17.8. The number of nitrogens with two attached hydrogens (primary N) is 1. The van der Waals surface area contributed by atoms with Crippen molar-refractivity contribution in [3.8, 4) is 0 Å². The van der Waals surface area contributed by atoms with Gasteiger partial charge in [0.05, 0.1) is 0 Å². The van der Waals surface area contributed by atoms with E-state index in [1.807, 2.05) is 13.1 Å². The second-order valence-electron chi connectivity index (χ2n) is 6.13. The summed E-state index contributed by atoms with van der Waals surface area (Å²) >= 11 is 6.17. The van der Waals surface area contributed by atoms with Crippen molar-refractivity contribution >= 4 is 23.2 Å². The SMILES string of the molecule is CN(Cc1cc(N)ccc1Cl)C(=O)C1(C)CCCCC1. The summed E-state index contributed by atoms with van der Waals surface area (Å²) < 4.78 is 0. The van der Waals surface area contributed by atoms with Gasteiger partial charge in [0, 0.05) is 29.7 Å². The molecule has 2 rings (SSSR count). The molecule has 0 aliphatic heterocycles. The van der Waals surface area contributed by atoms with Crippen molar-refractivity contribution in [1.82, 2.24) is 4.90 Å². The minimum absolute atomic E-state index is 0.209. The van der Waals surface area contributed by atoms with Gasteiger partial charge in [0.25, 0.3) is 0 Å². The average molecular weight is 295 g/mol. The number of amides is 1. The molecule has 1 saturated carbocycles. The highest BCUT2D eigenvalue weighted by molar-refractivity contribution is 6.31. The van der Waals surface area contributed by atoms with Crippen LogP contribution < -0.4 is 5.73 Å². The smallest absolute Gasteiger partial charge is 0.228 e. The van der Waals surface area contributed by atoms with Gasteiger partial charge in [-0.25, -0.2) is 0 Å². The third-order valence-corrected chi connectivity index (χ3v) is 4.67. The van der Waals surface area contributed by atoms with Crippen LogP contribution in [0.5, 0.6) is 0 Å². The second-order valence-corrected chi connectivity index (χ2v) is 6.54. The van der Waals surface area contributed by atoms with Gasteiger partial charge >= 0.3 is 0 Å². The van der Waals surface area contributed by atoms with Crippen LogP contribution >= 0.6 is 11.6 Å². The van der Waals surface area contributed by atoms with E-state index < -0.39 is 0 Å². The quantitative estimate of drug-likeness (QED) is 0.861. The summed E-state index contributed by atoms with van der Waals surface area (Å²) in [6, 6.07) is 5.40. The summed E-state index contributed by atoms with van der Waals surface area (Å²) in [5, 5.41) is 0.660. The molecule has 0 radical (unpaired) electrons. The van der Waals surface area contributed by atoms with Crippen LogP contribution in [0.3, 0.4) is 0 Å². The summed E-state index contributed by atoms with van der Waals surface area (Å²) in [7, 11) is 1.85. The van der Waals surface area contributed by atoms with E-state index in [9.17, 15) is 4.79 Å². The Hall–Kier alpha value is -1.22. The van der Waals surface area contributed by atoms with Crippen LogP contribution in [0.2, 0.25) is 5.02 Å². The minimum atomic E-state index is -0.209. The molecule has 0 spiro atoms. The molecule has 1 aromatic rings. The molecule has 1 aliphatic rings. The number of benzene rings is 1. The molecular formula is C16H23ClN2O. The highest BCUT2D eigenvalue weighted by Gasteiger charge is 2.36. The van der Waals surface area contributed by atoms with E-state index in [4.69, 9.17) is 17.3 Å². The minimum Gasteiger partial charge on any atom is -0.399 e. The maximum absolute atomic E-state index is 12.7. The van der Waals surface area contributed by atoms with E-state index in [-0.39, 0.29) is 11.3 Å². The van der Waals surface area contributed by atoms with Gasteiger partial charge in [-0.3, -0.25) is 4.79 Å². The van der Waals surface area contributed by atoms with E-state index in [1.165, 1.54) is 6.42 Å². The predicted octanol–water partition coefficient (Wildman–Crippen LogP) is 3.85. The molecule has 110 valence electrons. The zero-order chi connectivity index (χ0) is 14.8. The molecular weight excluding hydrogens is 272 g/mol. The molecule has 0 aromatic heterocycles. The van der Waals surface area contributed by atoms with E-state index >= 15 is 0 Å². The Kier molecular flexibility index (Phi) is 4.59. The number of carbonyl (C=O) groups is 1. The van der Waals surface area contributed by atoms with Crippen molar-refractivity contribution < 1.29 is 4.79 Å². The first-order valence-electron chi connectivity index (χ1n) is 7.22. The molecule has 0 unspecified atom stereocenters. The molecule has 1 amide bonds. The zero-order valence-corrected chi connectivity index (χ0v) is 13.0. The Labute approximate surface area is 126 Å². The maximum atomic E-state index is 12.7. The molecule has 20 heavy (non-hydrogen) atoms. The van der Waals surface area contributed by atoms with Gasteiger partial charge in [-0.15, -0.1) is 0 Å². The fourth-order valence-electron chi connectivity index (χ4n) is 3.05. The standard InChI is InChI=1S/C16H23ClN2O/c1-16(8-4-3-5-9-16)15(20)19(2)11-12-10-13(18)6-7-14(12)17/h6-7,10H,3-5,8-9,11,18H2,1-2H3. The highest BCUT2D eigenvalue weighted by atomic mass is 35.5. The van der Waals surface area contributed by atoms with Gasteiger partial charge < -0.3 is 10.6 Å². The Morgan fingerprint density at radius 3 is 2.65 bits per heavy atom. The lowest BCUT2D eigenvalue weighted by atomic mass is 9.74. The third kappa shape index (κ3) is 3.26. The monoisotopic (exact) mass is 294 g/mol. The lowest BCUT2D eigenvalue weighted by molar-refractivity contribution is -0.142. The maximum Gasteiger partial charge on any atom is 0.228 e. The van der Waals surface area contributed by atoms with Crippen LogP contribution in [0, 0.1) is 5.41 Å². The Balaban J connectivity index is 2.09. The van der Waals surface area contributed by atoms with E-state index in [0.717, 1.165) is 31.2 Å². The molecule has 0 saturated heterocycles. The molecule has 2 N–H and O–H groups in total. The zero-order valence-electron chi connectivity index (χ0n) is 12.3. The first-order chi connectivity index (χ1) is 9.42. The number of nitrogen functional groups attached to an aromatic ring is 1. The molecule has 0 bridgehead atoms. The summed E-state index contributed by atoms with van der Waals surface area (Å²) in [5.74, 6) is 0.218. The molecule has 0 heterocycles. The van der Waals surface area contributed by atoms with Crippen molar-refractivity contribution in [2.75, 3.05) is 12.8 Å². The van der Waals surface area contributed by atoms with Crippen molar-refractivity contribution in [3.63, 3.8) is 0 Å². The topological polar surface area (TPSA) is 46.3 Å². The summed E-state index contributed by atoms with van der Waals surface area (Å²) in [6.07, 6.45) is 5.51. The largest absolute Gasteiger partial charge is 0.399 e. The van der Waals surface area contributed by atoms with Gasteiger partial charge in [-0.2, -0.15) is 0 Å². The van der Waals surface area contributed by atoms with E-state index in [0.29, 0.717) is 17.3 Å². The Morgan fingerprint density at radius 1 is 1.35 bits per heavy atom. The Morgan fingerprint density at radius 2 is 2.00 bits per heavy atom. The van der Waals surface area contributed by atoms with Crippen LogP contribution in [0.25, 0.3) is 0 Å². The van der Waals surface area contributed by atoms with Crippen LogP contribution in [0.15, 0.2) is 18.2 Å². The number of hydrogen-bond acceptors (Lipinski definition) is 2. The van der Waals surface area contributed by atoms with Crippen molar-refractivity contribution in [1.29, 1.82) is 0 Å². The molecule has 1 fully saturated rings. The van der Waals surface area contributed by atoms with Crippen molar-refractivity contribution in [2.45, 2.75) is 45.6 Å². The molecule has 3 nitrogen and oxygen atoms in total. The Bertz CT molecular complexity index is 495. The number of rotatable bonds is 3. The molecule has 1 aliphatic carbocycles. The first kappa shape index (κ1) is 15.2.